The summed E-state index contributed by atoms with van der Waals surface area (Å²) in [5.74, 6) is 3.26. The Kier molecular flexibility index (Phi) is 3.49. The van der Waals surface area contributed by atoms with Crippen LogP contribution < -0.4 is 5.32 Å². The van der Waals surface area contributed by atoms with Gasteiger partial charge in [-0.1, -0.05) is 0 Å². The molecule has 1 N–H and O–H groups in total. The predicted octanol–water partition coefficient (Wildman–Crippen LogP) is 2.02. The van der Waals surface area contributed by atoms with Crippen LogP contribution in [0, 0.1) is 24.2 Å². The van der Waals surface area contributed by atoms with Crippen molar-refractivity contribution in [3.63, 3.8) is 0 Å². The average molecular weight is 308 g/mol. The first-order valence-electron chi connectivity index (χ1n) is 8.30. The van der Waals surface area contributed by atoms with Gasteiger partial charge in [0.25, 0.3) is 0 Å². The second-order valence-corrected chi connectivity index (χ2v) is 6.53. The maximum Gasteiger partial charge on any atom is 0.144 e. The first-order valence-corrected chi connectivity index (χ1v) is 8.30. The van der Waals surface area contributed by atoms with Gasteiger partial charge in [-0.05, 0) is 44.2 Å². The van der Waals surface area contributed by atoms with Crippen LogP contribution in [0.1, 0.15) is 41.3 Å². The quantitative estimate of drug-likeness (QED) is 0.938. The summed E-state index contributed by atoms with van der Waals surface area (Å²) in [5.41, 5.74) is 3.08. The van der Waals surface area contributed by atoms with Crippen molar-refractivity contribution in [1.82, 2.24) is 19.7 Å². The number of aromatic nitrogens is 4. The van der Waals surface area contributed by atoms with E-state index in [4.69, 9.17) is 4.98 Å². The van der Waals surface area contributed by atoms with Gasteiger partial charge in [0.1, 0.15) is 23.5 Å². The number of nitriles is 1. The molecule has 0 bridgehead atoms. The summed E-state index contributed by atoms with van der Waals surface area (Å²) < 4.78 is 2.18. The lowest BCUT2D eigenvalue weighted by Crippen LogP contribution is -2.18. The lowest BCUT2D eigenvalue weighted by Gasteiger charge is -2.18. The van der Waals surface area contributed by atoms with Crippen molar-refractivity contribution in [3.8, 4) is 6.07 Å². The summed E-state index contributed by atoms with van der Waals surface area (Å²) in [6.45, 7) is 3.74. The molecule has 0 aromatic carbocycles. The smallest absolute Gasteiger partial charge is 0.144 e. The van der Waals surface area contributed by atoms with Gasteiger partial charge in [-0.15, -0.1) is 10.2 Å². The van der Waals surface area contributed by atoms with Crippen molar-refractivity contribution in [3.05, 3.63) is 34.5 Å². The molecule has 6 nitrogen and oxygen atoms in total. The minimum Gasteiger partial charge on any atom is -0.369 e. The van der Waals surface area contributed by atoms with Crippen LogP contribution in [0.5, 0.6) is 0 Å². The van der Waals surface area contributed by atoms with E-state index in [2.05, 4.69) is 26.2 Å². The molecule has 0 amide bonds. The van der Waals surface area contributed by atoms with Gasteiger partial charge in [0.2, 0.25) is 0 Å². The summed E-state index contributed by atoms with van der Waals surface area (Å²) >= 11 is 0. The van der Waals surface area contributed by atoms with Crippen molar-refractivity contribution in [1.29, 1.82) is 5.26 Å². The standard InChI is InChI=1S/C17H20N6/c1-11-21-22-16-6-12(10-23(11)16)9-19-17-14(8-18)7-13-4-2-3-5-15(13)20-17/h7,12H,2-6,9-10H2,1H3,(H,19,20). The lowest BCUT2D eigenvalue weighted by molar-refractivity contribution is 0.526. The Bertz CT molecular complexity index is 785. The van der Waals surface area contributed by atoms with Crippen molar-refractivity contribution >= 4 is 5.82 Å². The molecule has 1 unspecified atom stereocenters. The molecular formula is C17H20N6. The van der Waals surface area contributed by atoms with Gasteiger partial charge in [-0.3, -0.25) is 0 Å². The number of hydrogen-bond donors (Lipinski definition) is 1. The molecule has 0 radical (unpaired) electrons. The van der Waals surface area contributed by atoms with E-state index in [1.807, 2.05) is 13.0 Å². The van der Waals surface area contributed by atoms with Crippen molar-refractivity contribution in [2.75, 3.05) is 11.9 Å². The van der Waals surface area contributed by atoms with E-state index in [0.717, 1.165) is 55.5 Å². The molecule has 1 atom stereocenters. The molecule has 3 heterocycles. The number of nitrogens with one attached hydrogen (secondary N) is 1. The Morgan fingerprint density at radius 3 is 3.04 bits per heavy atom. The van der Waals surface area contributed by atoms with Crippen molar-refractivity contribution < 1.29 is 0 Å². The Labute approximate surface area is 135 Å². The third-order valence-corrected chi connectivity index (χ3v) is 4.90. The molecule has 0 fully saturated rings. The van der Waals surface area contributed by atoms with Gasteiger partial charge >= 0.3 is 0 Å². The molecule has 118 valence electrons. The molecule has 6 heteroatoms. The normalized spacial score (nSPS) is 19.0. The molecular weight excluding hydrogens is 288 g/mol. The van der Waals surface area contributed by atoms with Crippen LogP contribution in [-0.4, -0.2) is 26.3 Å². The summed E-state index contributed by atoms with van der Waals surface area (Å²) in [6, 6.07) is 4.32. The topological polar surface area (TPSA) is 79.4 Å². The average Bonchev–Trinajstić information content (AvgIpc) is 3.14. The molecule has 2 aliphatic rings. The molecule has 23 heavy (non-hydrogen) atoms. The molecule has 1 aliphatic heterocycles. The number of rotatable bonds is 3. The van der Waals surface area contributed by atoms with Crippen LogP contribution in [0.4, 0.5) is 5.82 Å². The van der Waals surface area contributed by atoms with E-state index >= 15 is 0 Å². The highest BCUT2D eigenvalue weighted by Gasteiger charge is 2.25. The van der Waals surface area contributed by atoms with Crippen molar-refractivity contribution in [2.24, 2.45) is 5.92 Å². The predicted molar refractivity (Wildman–Crippen MR) is 86.0 cm³/mol. The number of fused-ring (bicyclic) bond motifs is 2. The number of hydrogen-bond acceptors (Lipinski definition) is 5. The van der Waals surface area contributed by atoms with Gasteiger partial charge in [-0.2, -0.15) is 5.26 Å². The molecule has 4 rings (SSSR count). The fourth-order valence-electron chi connectivity index (χ4n) is 3.63. The van der Waals surface area contributed by atoms with Crippen LogP contribution in [0.25, 0.3) is 0 Å². The second-order valence-electron chi connectivity index (χ2n) is 6.53. The highest BCUT2D eigenvalue weighted by atomic mass is 15.3. The number of pyridine rings is 1. The molecule has 1 aliphatic carbocycles. The van der Waals surface area contributed by atoms with E-state index in [-0.39, 0.29) is 0 Å². The molecule has 2 aromatic rings. The minimum absolute atomic E-state index is 0.476. The van der Waals surface area contributed by atoms with E-state index in [1.54, 1.807) is 0 Å². The fourth-order valence-corrected chi connectivity index (χ4v) is 3.63. The zero-order chi connectivity index (χ0) is 15.8. The number of anilines is 1. The van der Waals surface area contributed by atoms with Crippen LogP contribution in [0.15, 0.2) is 6.07 Å². The number of nitrogens with zero attached hydrogens (tertiary/aromatic N) is 5. The third kappa shape index (κ3) is 2.56. The fraction of sp³-hybridized carbons (Fsp3) is 0.529. The largest absolute Gasteiger partial charge is 0.369 e. The van der Waals surface area contributed by atoms with E-state index < -0.39 is 0 Å². The maximum absolute atomic E-state index is 9.40. The molecule has 0 spiro atoms. The number of aryl methyl sites for hydroxylation is 3. The Morgan fingerprint density at radius 1 is 1.35 bits per heavy atom. The van der Waals surface area contributed by atoms with Crippen LogP contribution in [0.3, 0.4) is 0 Å². The third-order valence-electron chi connectivity index (χ3n) is 4.90. The van der Waals surface area contributed by atoms with E-state index in [0.29, 0.717) is 11.5 Å². The maximum atomic E-state index is 9.40. The monoisotopic (exact) mass is 308 g/mol. The van der Waals surface area contributed by atoms with Gasteiger partial charge in [0, 0.05) is 31.1 Å². The second kappa shape index (κ2) is 5.65. The zero-order valence-electron chi connectivity index (χ0n) is 13.3. The minimum atomic E-state index is 0.476. The summed E-state index contributed by atoms with van der Waals surface area (Å²) in [4.78, 5) is 4.73. The van der Waals surface area contributed by atoms with Gasteiger partial charge < -0.3 is 9.88 Å². The van der Waals surface area contributed by atoms with Crippen LogP contribution >= 0.6 is 0 Å². The van der Waals surface area contributed by atoms with Gasteiger partial charge in [-0.25, -0.2) is 4.98 Å². The van der Waals surface area contributed by atoms with Gasteiger partial charge in [0.15, 0.2) is 0 Å². The molecule has 0 saturated carbocycles. The van der Waals surface area contributed by atoms with E-state index in [1.165, 1.54) is 18.4 Å². The van der Waals surface area contributed by atoms with Crippen molar-refractivity contribution in [2.45, 2.75) is 45.6 Å². The SMILES string of the molecule is Cc1nnc2n1CC(CNc1nc3c(cc1C#N)CCCC3)C2. The van der Waals surface area contributed by atoms with Crippen LogP contribution in [0.2, 0.25) is 0 Å². The first-order chi connectivity index (χ1) is 11.2. The van der Waals surface area contributed by atoms with E-state index in [9.17, 15) is 5.26 Å². The molecule has 0 saturated heterocycles. The summed E-state index contributed by atoms with van der Waals surface area (Å²) in [6.07, 6.45) is 5.40. The Morgan fingerprint density at radius 2 is 2.22 bits per heavy atom. The lowest BCUT2D eigenvalue weighted by atomic mass is 9.95. The van der Waals surface area contributed by atoms with Crippen LogP contribution in [-0.2, 0) is 25.8 Å². The summed E-state index contributed by atoms with van der Waals surface area (Å²) in [5, 5.41) is 21.1. The highest BCUT2D eigenvalue weighted by Crippen LogP contribution is 2.25. The highest BCUT2D eigenvalue weighted by molar-refractivity contribution is 5.54. The summed E-state index contributed by atoms with van der Waals surface area (Å²) in [7, 11) is 0. The Hall–Kier alpha value is -2.42. The van der Waals surface area contributed by atoms with Gasteiger partial charge in [0.05, 0.1) is 5.56 Å². The zero-order valence-corrected chi connectivity index (χ0v) is 13.3. The Balaban J connectivity index is 1.48. The first kappa shape index (κ1) is 14.2. The molecule has 2 aromatic heterocycles.